The highest BCUT2D eigenvalue weighted by Crippen LogP contribution is 2.33. The summed E-state index contributed by atoms with van der Waals surface area (Å²) in [6, 6.07) is 2.87. The molecule has 0 aliphatic heterocycles. The lowest BCUT2D eigenvalue weighted by Crippen LogP contribution is -2.04. The minimum Gasteiger partial charge on any atom is -0.507 e. The quantitative estimate of drug-likeness (QED) is 0.866. The summed E-state index contributed by atoms with van der Waals surface area (Å²) in [5.74, 6) is 0.943. The third-order valence-corrected chi connectivity index (χ3v) is 2.74. The van der Waals surface area contributed by atoms with Gasteiger partial charge in [0.05, 0.1) is 7.11 Å². The molecule has 0 atom stereocenters. The lowest BCUT2D eigenvalue weighted by molar-refractivity contribution is 0.409. The Labute approximate surface area is 98.4 Å². The largest absolute Gasteiger partial charge is 0.507 e. The van der Waals surface area contributed by atoms with Gasteiger partial charge in [-0.05, 0) is 13.3 Å². The van der Waals surface area contributed by atoms with E-state index in [-0.39, 0.29) is 11.2 Å². The second-order valence-corrected chi connectivity index (χ2v) is 3.86. The fourth-order valence-corrected chi connectivity index (χ4v) is 1.96. The maximum Gasteiger partial charge on any atom is 0.196 e. The van der Waals surface area contributed by atoms with Crippen LogP contribution >= 0.6 is 0 Å². The van der Waals surface area contributed by atoms with Gasteiger partial charge in [-0.2, -0.15) is 0 Å². The molecule has 4 nitrogen and oxygen atoms in total. The van der Waals surface area contributed by atoms with Crippen LogP contribution in [0.3, 0.4) is 0 Å². The van der Waals surface area contributed by atoms with Crippen molar-refractivity contribution in [1.82, 2.24) is 0 Å². The molecule has 90 valence electrons. The number of aromatic hydroxyl groups is 1. The first-order valence-electron chi connectivity index (χ1n) is 5.41. The van der Waals surface area contributed by atoms with Crippen LogP contribution in [0.4, 0.5) is 0 Å². The average Bonchev–Trinajstić information content (AvgIpc) is 2.27. The molecule has 0 radical (unpaired) electrons. The third kappa shape index (κ3) is 1.75. The van der Waals surface area contributed by atoms with Crippen molar-refractivity contribution in [3.05, 3.63) is 33.7 Å². The zero-order valence-corrected chi connectivity index (χ0v) is 10.0. The first kappa shape index (κ1) is 11.5. The van der Waals surface area contributed by atoms with E-state index in [2.05, 4.69) is 0 Å². The van der Waals surface area contributed by atoms with E-state index >= 15 is 0 Å². The summed E-state index contributed by atoms with van der Waals surface area (Å²) < 4.78 is 10.7. The Balaban J connectivity index is 3.02. The summed E-state index contributed by atoms with van der Waals surface area (Å²) in [6.07, 6.45) is 0.582. The van der Waals surface area contributed by atoms with Gasteiger partial charge in [0.1, 0.15) is 28.2 Å². The normalized spacial score (nSPS) is 10.8. The number of methoxy groups -OCH3 is 1. The second-order valence-electron chi connectivity index (χ2n) is 3.86. The molecule has 0 aliphatic rings. The molecule has 2 rings (SSSR count). The van der Waals surface area contributed by atoms with Crippen molar-refractivity contribution in [2.75, 3.05) is 7.11 Å². The standard InChI is InChI=1S/C13H14O4/c1-4-8-9(14)6-11(16-3)12-10(15)5-7(2)17-13(8)12/h5-6,14H,4H2,1-3H3. The molecule has 0 spiro atoms. The summed E-state index contributed by atoms with van der Waals surface area (Å²) >= 11 is 0. The van der Waals surface area contributed by atoms with Crippen molar-refractivity contribution in [2.45, 2.75) is 20.3 Å². The molecule has 0 saturated heterocycles. The molecular formula is C13H14O4. The third-order valence-electron chi connectivity index (χ3n) is 2.74. The predicted octanol–water partition coefficient (Wildman–Crippen LogP) is 2.38. The van der Waals surface area contributed by atoms with Gasteiger partial charge in [-0.15, -0.1) is 0 Å². The number of phenols is 1. The van der Waals surface area contributed by atoms with Gasteiger partial charge in [-0.3, -0.25) is 4.79 Å². The van der Waals surface area contributed by atoms with Crippen molar-refractivity contribution in [1.29, 1.82) is 0 Å². The smallest absolute Gasteiger partial charge is 0.196 e. The highest BCUT2D eigenvalue weighted by atomic mass is 16.5. The van der Waals surface area contributed by atoms with Gasteiger partial charge in [-0.1, -0.05) is 6.92 Å². The molecule has 4 heteroatoms. The fourth-order valence-electron chi connectivity index (χ4n) is 1.96. The number of benzene rings is 1. The summed E-state index contributed by atoms with van der Waals surface area (Å²) in [4.78, 5) is 11.9. The van der Waals surface area contributed by atoms with Gasteiger partial charge < -0.3 is 14.3 Å². The lowest BCUT2D eigenvalue weighted by Gasteiger charge is -2.10. The Hall–Kier alpha value is -1.97. The number of phenolic OH excluding ortho intramolecular Hbond substituents is 1. The van der Waals surface area contributed by atoms with Crippen molar-refractivity contribution >= 4 is 11.0 Å². The van der Waals surface area contributed by atoms with Crippen LogP contribution in [0.2, 0.25) is 0 Å². The molecule has 0 amide bonds. The summed E-state index contributed by atoms with van der Waals surface area (Å²) in [5, 5.41) is 10.2. The van der Waals surface area contributed by atoms with E-state index in [1.54, 1.807) is 6.92 Å². The molecule has 0 saturated carbocycles. The maximum absolute atomic E-state index is 11.9. The maximum atomic E-state index is 11.9. The Morgan fingerprint density at radius 1 is 1.41 bits per heavy atom. The lowest BCUT2D eigenvalue weighted by atomic mass is 10.1. The van der Waals surface area contributed by atoms with E-state index in [0.29, 0.717) is 34.5 Å². The topological polar surface area (TPSA) is 59.7 Å². The van der Waals surface area contributed by atoms with E-state index in [1.165, 1.54) is 19.2 Å². The van der Waals surface area contributed by atoms with E-state index in [1.807, 2.05) is 6.92 Å². The molecule has 0 fully saturated rings. The molecule has 17 heavy (non-hydrogen) atoms. The Morgan fingerprint density at radius 2 is 2.12 bits per heavy atom. The first-order valence-corrected chi connectivity index (χ1v) is 5.41. The minimum absolute atomic E-state index is 0.0885. The Morgan fingerprint density at radius 3 is 2.71 bits per heavy atom. The van der Waals surface area contributed by atoms with Crippen LogP contribution in [-0.4, -0.2) is 12.2 Å². The average molecular weight is 234 g/mol. The molecule has 1 aromatic heterocycles. The van der Waals surface area contributed by atoms with E-state index in [4.69, 9.17) is 9.15 Å². The van der Waals surface area contributed by atoms with Gasteiger partial charge >= 0.3 is 0 Å². The molecule has 0 unspecified atom stereocenters. The van der Waals surface area contributed by atoms with Crippen LogP contribution in [-0.2, 0) is 6.42 Å². The van der Waals surface area contributed by atoms with Crippen LogP contribution in [0.5, 0.6) is 11.5 Å². The number of hydrogen-bond donors (Lipinski definition) is 1. The van der Waals surface area contributed by atoms with Crippen LogP contribution in [0.15, 0.2) is 21.3 Å². The van der Waals surface area contributed by atoms with E-state index in [9.17, 15) is 9.90 Å². The molecular weight excluding hydrogens is 220 g/mol. The highest BCUT2D eigenvalue weighted by Gasteiger charge is 2.16. The molecule has 1 aromatic carbocycles. The molecule has 0 bridgehead atoms. The highest BCUT2D eigenvalue weighted by molar-refractivity contribution is 5.88. The van der Waals surface area contributed by atoms with Crippen LogP contribution < -0.4 is 10.2 Å². The number of hydrogen-bond acceptors (Lipinski definition) is 4. The van der Waals surface area contributed by atoms with E-state index < -0.39 is 0 Å². The molecule has 0 aliphatic carbocycles. The van der Waals surface area contributed by atoms with Crippen LogP contribution in [0.25, 0.3) is 11.0 Å². The summed E-state index contributed by atoms with van der Waals surface area (Å²) in [7, 11) is 1.46. The summed E-state index contributed by atoms with van der Waals surface area (Å²) in [5.41, 5.74) is 0.881. The first-order chi connectivity index (χ1) is 8.08. The van der Waals surface area contributed by atoms with Crippen molar-refractivity contribution < 1.29 is 14.3 Å². The number of aryl methyl sites for hydroxylation is 2. The number of ether oxygens (including phenoxy) is 1. The molecule has 1 heterocycles. The number of fused-ring (bicyclic) bond motifs is 1. The van der Waals surface area contributed by atoms with Crippen LogP contribution in [0.1, 0.15) is 18.2 Å². The van der Waals surface area contributed by atoms with Gasteiger partial charge in [0.15, 0.2) is 5.43 Å². The van der Waals surface area contributed by atoms with Gasteiger partial charge in [0.25, 0.3) is 0 Å². The second kappa shape index (κ2) is 4.13. The molecule has 1 N–H and O–H groups in total. The zero-order valence-electron chi connectivity index (χ0n) is 10.0. The van der Waals surface area contributed by atoms with Crippen molar-refractivity contribution in [3.63, 3.8) is 0 Å². The van der Waals surface area contributed by atoms with Crippen molar-refractivity contribution in [2.24, 2.45) is 0 Å². The Kier molecular flexibility index (Phi) is 2.79. The molecule has 2 aromatic rings. The van der Waals surface area contributed by atoms with Gasteiger partial charge in [-0.25, -0.2) is 0 Å². The monoisotopic (exact) mass is 234 g/mol. The number of rotatable bonds is 2. The fraction of sp³-hybridized carbons (Fsp3) is 0.308. The Bertz CT molecular complexity index is 625. The predicted molar refractivity (Wildman–Crippen MR) is 64.8 cm³/mol. The van der Waals surface area contributed by atoms with E-state index in [0.717, 1.165) is 0 Å². The van der Waals surface area contributed by atoms with Gasteiger partial charge in [0.2, 0.25) is 0 Å². The van der Waals surface area contributed by atoms with Crippen molar-refractivity contribution in [3.8, 4) is 11.5 Å². The van der Waals surface area contributed by atoms with Crippen LogP contribution in [0, 0.1) is 6.92 Å². The SMILES string of the molecule is CCc1c(O)cc(OC)c2c(=O)cc(C)oc12. The minimum atomic E-state index is -0.157. The zero-order chi connectivity index (χ0) is 12.6. The van der Waals surface area contributed by atoms with Gasteiger partial charge in [0, 0.05) is 17.7 Å². The summed E-state index contributed by atoms with van der Waals surface area (Å²) in [6.45, 7) is 3.60.